The summed E-state index contributed by atoms with van der Waals surface area (Å²) < 4.78 is 50.4. The third-order valence-corrected chi connectivity index (χ3v) is 4.68. The zero-order chi connectivity index (χ0) is 20.5. The summed E-state index contributed by atoms with van der Waals surface area (Å²) in [6.07, 6.45) is -0.873. The van der Waals surface area contributed by atoms with E-state index in [4.69, 9.17) is 9.47 Å². The molecule has 0 amide bonds. The molecule has 2 aliphatic rings. The van der Waals surface area contributed by atoms with Crippen LogP contribution in [0.3, 0.4) is 0 Å². The van der Waals surface area contributed by atoms with Gasteiger partial charge in [-0.25, -0.2) is 0 Å². The Morgan fingerprint density at radius 1 is 0.964 bits per heavy atom. The lowest BCUT2D eigenvalue weighted by Crippen LogP contribution is -2.48. The second-order valence-electron chi connectivity index (χ2n) is 6.37. The van der Waals surface area contributed by atoms with Gasteiger partial charge >= 0.3 is 6.18 Å². The second-order valence-corrected chi connectivity index (χ2v) is 6.37. The van der Waals surface area contributed by atoms with Crippen LogP contribution in [0.25, 0.3) is 0 Å². The van der Waals surface area contributed by atoms with Gasteiger partial charge in [0, 0.05) is 38.1 Å². The van der Waals surface area contributed by atoms with Crippen LogP contribution in [0.1, 0.15) is 18.4 Å². The summed E-state index contributed by atoms with van der Waals surface area (Å²) in [6.45, 7) is 0.821. The fraction of sp³-hybridized carbons (Fsp3) is 0.500. The molecule has 2 heterocycles. The lowest BCUT2D eigenvalue weighted by molar-refractivity contribution is -0.393. The molecule has 0 radical (unpaired) electrons. The van der Waals surface area contributed by atoms with Gasteiger partial charge in [-0.3, -0.25) is 20.2 Å². The number of anilines is 1. The molecule has 0 N–H and O–H groups in total. The SMILES string of the molecule is O=[N+]([O-])c1cc(C(F)(F)F)cc([N+](=O)[O-])c1N1CCC2(CC1)OCC=CCO2. The van der Waals surface area contributed by atoms with Crippen LogP contribution in [0.15, 0.2) is 24.3 Å². The number of nitro benzene ring substituents is 2. The molecule has 0 saturated carbocycles. The summed E-state index contributed by atoms with van der Waals surface area (Å²) in [4.78, 5) is 22.0. The van der Waals surface area contributed by atoms with Gasteiger partial charge in [0.2, 0.25) is 0 Å². The van der Waals surface area contributed by atoms with Crippen molar-refractivity contribution < 1.29 is 32.5 Å². The van der Waals surface area contributed by atoms with E-state index in [2.05, 4.69) is 0 Å². The van der Waals surface area contributed by atoms with Gasteiger partial charge in [0.15, 0.2) is 11.5 Å². The first kappa shape index (κ1) is 20.0. The molecule has 0 aromatic heterocycles. The lowest BCUT2D eigenvalue weighted by Gasteiger charge is -2.40. The largest absolute Gasteiger partial charge is 0.416 e. The van der Waals surface area contributed by atoms with Crippen molar-refractivity contribution in [3.05, 3.63) is 50.1 Å². The molecule has 9 nitrogen and oxygen atoms in total. The fourth-order valence-corrected chi connectivity index (χ4v) is 3.31. The Morgan fingerprint density at radius 3 is 1.82 bits per heavy atom. The molecule has 0 bridgehead atoms. The van der Waals surface area contributed by atoms with Gasteiger partial charge in [0.25, 0.3) is 11.4 Å². The van der Waals surface area contributed by atoms with Gasteiger partial charge in [-0.05, 0) is 0 Å². The van der Waals surface area contributed by atoms with Gasteiger partial charge in [0.05, 0.1) is 28.6 Å². The molecule has 1 fully saturated rings. The van der Waals surface area contributed by atoms with Crippen molar-refractivity contribution >= 4 is 17.1 Å². The number of hydrogen-bond donors (Lipinski definition) is 0. The van der Waals surface area contributed by atoms with Crippen molar-refractivity contribution in [2.24, 2.45) is 0 Å². The summed E-state index contributed by atoms with van der Waals surface area (Å²) in [5.41, 5.74) is -3.79. The lowest BCUT2D eigenvalue weighted by atomic mass is 10.0. The van der Waals surface area contributed by atoms with Crippen LogP contribution in [-0.4, -0.2) is 41.9 Å². The first-order chi connectivity index (χ1) is 13.1. The van der Waals surface area contributed by atoms with Crippen molar-refractivity contribution in [2.75, 3.05) is 31.2 Å². The first-order valence-electron chi connectivity index (χ1n) is 8.35. The summed E-state index contributed by atoms with van der Waals surface area (Å²) in [6, 6.07) is 0.657. The van der Waals surface area contributed by atoms with Gasteiger partial charge in [-0.15, -0.1) is 0 Å². The van der Waals surface area contributed by atoms with Crippen LogP contribution in [-0.2, 0) is 15.7 Å². The van der Waals surface area contributed by atoms with Crippen LogP contribution >= 0.6 is 0 Å². The average Bonchev–Trinajstić information content (AvgIpc) is 2.86. The number of ether oxygens (including phenoxy) is 2. The maximum absolute atomic E-state index is 13.0. The minimum atomic E-state index is -4.95. The monoisotopic (exact) mass is 403 g/mol. The Morgan fingerprint density at radius 2 is 1.43 bits per heavy atom. The van der Waals surface area contributed by atoms with Gasteiger partial charge in [0.1, 0.15) is 0 Å². The summed E-state index contributed by atoms with van der Waals surface area (Å²) >= 11 is 0. The number of alkyl halides is 3. The van der Waals surface area contributed by atoms with E-state index in [1.165, 1.54) is 4.90 Å². The topological polar surface area (TPSA) is 108 Å². The average molecular weight is 403 g/mol. The van der Waals surface area contributed by atoms with E-state index < -0.39 is 44.4 Å². The smallest absolute Gasteiger partial charge is 0.360 e. The minimum absolute atomic E-state index is 0.0903. The van der Waals surface area contributed by atoms with E-state index >= 15 is 0 Å². The molecule has 0 atom stereocenters. The molecule has 2 aliphatic heterocycles. The molecule has 0 aliphatic carbocycles. The zero-order valence-electron chi connectivity index (χ0n) is 14.5. The predicted octanol–water partition coefficient (Wildman–Crippen LogP) is 3.42. The highest BCUT2D eigenvalue weighted by atomic mass is 19.4. The highest BCUT2D eigenvalue weighted by Gasteiger charge is 2.43. The zero-order valence-corrected chi connectivity index (χ0v) is 14.5. The van der Waals surface area contributed by atoms with E-state index in [-0.39, 0.29) is 25.9 Å². The molecule has 0 unspecified atom stereocenters. The van der Waals surface area contributed by atoms with E-state index in [1.54, 1.807) is 12.2 Å². The minimum Gasteiger partial charge on any atom is -0.360 e. The Kier molecular flexibility index (Phi) is 5.26. The molecule has 1 aromatic rings. The van der Waals surface area contributed by atoms with Crippen LogP contribution in [0.2, 0.25) is 0 Å². The Labute approximate surface area is 156 Å². The third kappa shape index (κ3) is 3.92. The third-order valence-electron chi connectivity index (χ3n) is 4.68. The quantitative estimate of drug-likeness (QED) is 0.432. The molecular weight excluding hydrogens is 387 g/mol. The molecule has 3 rings (SSSR count). The van der Waals surface area contributed by atoms with Gasteiger partial charge in [-0.1, -0.05) is 12.2 Å². The number of hydrogen-bond acceptors (Lipinski definition) is 7. The van der Waals surface area contributed by atoms with Crippen LogP contribution in [0.5, 0.6) is 0 Å². The molecular formula is C16H16F3N3O6. The number of nitrogens with zero attached hydrogens (tertiary/aromatic N) is 3. The van der Waals surface area contributed by atoms with Gasteiger partial charge < -0.3 is 14.4 Å². The molecule has 12 heteroatoms. The van der Waals surface area contributed by atoms with Crippen molar-refractivity contribution in [3.63, 3.8) is 0 Å². The van der Waals surface area contributed by atoms with Gasteiger partial charge in [-0.2, -0.15) is 13.2 Å². The fourth-order valence-electron chi connectivity index (χ4n) is 3.31. The first-order valence-corrected chi connectivity index (χ1v) is 8.35. The van der Waals surface area contributed by atoms with Crippen molar-refractivity contribution in [2.45, 2.75) is 24.8 Å². The molecule has 1 aromatic carbocycles. The number of benzene rings is 1. The second kappa shape index (κ2) is 7.36. The Bertz CT molecular complexity index is 771. The van der Waals surface area contributed by atoms with Crippen molar-refractivity contribution in [3.8, 4) is 0 Å². The maximum Gasteiger partial charge on any atom is 0.416 e. The van der Waals surface area contributed by atoms with E-state index in [0.717, 1.165) is 0 Å². The molecule has 152 valence electrons. The maximum atomic E-state index is 13.0. The summed E-state index contributed by atoms with van der Waals surface area (Å²) in [5, 5.41) is 22.8. The predicted molar refractivity (Wildman–Crippen MR) is 90.0 cm³/mol. The Balaban J connectivity index is 1.97. The molecule has 28 heavy (non-hydrogen) atoms. The van der Waals surface area contributed by atoms with Crippen LogP contribution in [0, 0.1) is 20.2 Å². The molecule has 1 saturated heterocycles. The number of rotatable bonds is 3. The number of piperidine rings is 1. The highest BCUT2D eigenvalue weighted by Crippen LogP contribution is 2.44. The standard InChI is InChI=1S/C16H16F3N3O6/c17-16(18,19)11-9-12(21(23)24)14(13(10-11)22(25)26)20-5-3-15(4-6-20)27-7-1-2-8-28-15/h1-2,9-10H,3-8H2. The highest BCUT2D eigenvalue weighted by molar-refractivity contribution is 5.76. The summed E-state index contributed by atoms with van der Waals surface area (Å²) in [7, 11) is 0. The number of halogens is 3. The summed E-state index contributed by atoms with van der Waals surface area (Å²) in [5.74, 6) is -0.921. The normalized spacial score (nSPS) is 19.5. The Hall–Kier alpha value is -2.73. The van der Waals surface area contributed by atoms with Crippen molar-refractivity contribution in [1.82, 2.24) is 0 Å². The van der Waals surface area contributed by atoms with Crippen LogP contribution in [0.4, 0.5) is 30.2 Å². The van der Waals surface area contributed by atoms with E-state index in [0.29, 0.717) is 25.3 Å². The van der Waals surface area contributed by atoms with E-state index in [9.17, 15) is 33.4 Å². The molecule has 1 spiro atoms. The van der Waals surface area contributed by atoms with E-state index in [1.807, 2.05) is 0 Å². The number of nitro groups is 2. The van der Waals surface area contributed by atoms with Crippen molar-refractivity contribution in [1.29, 1.82) is 0 Å². The van der Waals surface area contributed by atoms with Crippen LogP contribution < -0.4 is 4.90 Å².